The van der Waals surface area contributed by atoms with Crippen molar-refractivity contribution in [2.24, 2.45) is 0 Å². The molecule has 596 valence electrons. The molecule has 20 heteroatoms. The molecule has 8 aliphatic heterocycles. The number of rotatable bonds is 8. The summed E-state index contributed by atoms with van der Waals surface area (Å²) in [6.07, 6.45) is 12.1. The van der Waals surface area contributed by atoms with E-state index in [0.717, 1.165) is 154 Å². The average molecular weight is 1570 g/mol. The molecule has 0 bridgehead atoms. The Morgan fingerprint density at radius 2 is 0.684 bits per heavy atom. The van der Waals surface area contributed by atoms with Gasteiger partial charge in [0.05, 0.1) is 27.2 Å². The lowest BCUT2D eigenvalue weighted by atomic mass is 9.79. The molecule has 8 aromatic carbocycles. The van der Waals surface area contributed by atoms with Crippen LogP contribution in [0.1, 0.15) is 152 Å². The van der Waals surface area contributed by atoms with Gasteiger partial charge >= 0.3 is 0 Å². The molecule has 114 heavy (non-hydrogen) atoms. The summed E-state index contributed by atoms with van der Waals surface area (Å²) in [6.45, 7) is 23.9. The minimum atomic E-state index is -1.31. The van der Waals surface area contributed by atoms with E-state index in [-0.39, 0.29) is 45.1 Å². The van der Waals surface area contributed by atoms with E-state index in [4.69, 9.17) is 11.6 Å². The van der Waals surface area contributed by atoms with E-state index >= 15 is 0 Å². The van der Waals surface area contributed by atoms with Crippen molar-refractivity contribution in [2.45, 2.75) is 167 Å². The number of H-pyrrole nitrogens is 4. The predicted molar refractivity (Wildman–Crippen MR) is 444 cm³/mol. The van der Waals surface area contributed by atoms with Crippen molar-refractivity contribution < 1.29 is 30.7 Å². The van der Waals surface area contributed by atoms with Crippen LogP contribution in [-0.2, 0) is 74.0 Å². The van der Waals surface area contributed by atoms with Crippen molar-refractivity contribution in [1.82, 2.24) is 60.8 Å². The summed E-state index contributed by atoms with van der Waals surface area (Å²) in [7, 11) is 0. The summed E-state index contributed by atoms with van der Waals surface area (Å²) >= 11 is 6.12. The lowest BCUT2D eigenvalue weighted by Crippen LogP contribution is -2.54. The highest BCUT2D eigenvalue weighted by Crippen LogP contribution is 2.46. The van der Waals surface area contributed by atoms with E-state index in [1.165, 1.54) is 132 Å². The van der Waals surface area contributed by atoms with E-state index < -0.39 is 46.0 Å². The lowest BCUT2D eigenvalue weighted by molar-refractivity contribution is 0.119. The Labute approximate surface area is 668 Å². The summed E-state index contributed by atoms with van der Waals surface area (Å²) in [5.74, 6) is -6.39. The monoisotopic (exact) mass is 1570 g/mol. The number of nitrogens with zero attached hydrogens (tertiary/aromatic N) is 4. The maximum absolute atomic E-state index is 14.5. The van der Waals surface area contributed by atoms with Gasteiger partial charge in [-0.05, 0) is 212 Å². The first-order valence-corrected chi connectivity index (χ1v) is 41.5. The van der Waals surface area contributed by atoms with Crippen molar-refractivity contribution in [1.29, 1.82) is 0 Å². The molecule has 12 aromatic rings. The van der Waals surface area contributed by atoms with Crippen molar-refractivity contribution in [3.63, 3.8) is 0 Å². The van der Waals surface area contributed by atoms with Crippen LogP contribution in [0.3, 0.4) is 0 Å². The van der Waals surface area contributed by atoms with Crippen LogP contribution < -0.4 is 21.3 Å². The van der Waals surface area contributed by atoms with Crippen molar-refractivity contribution >= 4 is 55.2 Å². The summed E-state index contributed by atoms with van der Waals surface area (Å²) in [5, 5.41) is 20.8. The molecule has 0 radical (unpaired) electrons. The third-order valence-electron chi connectivity index (χ3n) is 26.8. The van der Waals surface area contributed by atoms with Gasteiger partial charge in [0.2, 0.25) is 0 Å². The van der Waals surface area contributed by atoms with Gasteiger partial charge in [0, 0.05) is 193 Å². The second-order valence-corrected chi connectivity index (χ2v) is 34.3. The van der Waals surface area contributed by atoms with Crippen LogP contribution in [0.15, 0.2) is 133 Å². The molecule has 12 heterocycles. The highest BCUT2D eigenvalue weighted by atomic mass is 35.5. The zero-order valence-corrected chi connectivity index (χ0v) is 67.1. The molecule has 4 fully saturated rings. The van der Waals surface area contributed by atoms with E-state index in [1.807, 2.05) is 24.0 Å². The number of aromatic amines is 4. The first-order valence-electron chi connectivity index (χ1n) is 41.1. The highest BCUT2D eigenvalue weighted by Gasteiger charge is 2.46. The Hall–Kier alpha value is -8.60. The molecular formula is C94H104ClF7N12. The third-order valence-corrected chi connectivity index (χ3v) is 27.3. The topological polar surface area (TPSA) is 124 Å². The van der Waals surface area contributed by atoms with Gasteiger partial charge in [-0.15, -0.1) is 0 Å². The molecule has 4 aromatic heterocycles. The average Bonchev–Trinajstić information content (AvgIpc) is 1.60. The van der Waals surface area contributed by atoms with Crippen LogP contribution in [0.5, 0.6) is 0 Å². The largest absolute Gasteiger partial charge is 0.357 e. The normalized spacial score (nSPS) is 19.1. The summed E-state index contributed by atoms with van der Waals surface area (Å²) in [6, 6.07) is 46.1. The van der Waals surface area contributed by atoms with E-state index in [0.29, 0.717) is 37.3 Å². The van der Waals surface area contributed by atoms with Gasteiger partial charge in [0.15, 0.2) is 23.3 Å². The van der Waals surface area contributed by atoms with Crippen LogP contribution in [-0.4, -0.2) is 118 Å². The minimum absolute atomic E-state index is 0.000470. The first-order chi connectivity index (χ1) is 55.1. The number of para-hydroxylation sites is 1. The Morgan fingerprint density at radius 1 is 0.333 bits per heavy atom. The number of piperidine rings is 4. The zero-order valence-electron chi connectivity index (χ0n) is 66.3. The Kier molecular flexibility index (Phi) is 21.7. The molecule has 0 aliphatic carbocycles. The number of hydrogen-bond donors (Lipinski definition) is 8. The van der Waals surface area contributed by atoms with Crippen molar-refractivity contribution in [3.05, 3.63) is 280 Å². The molecular weight excluding hydrogens is 1470 g/mol. The number of aryl methyl sites for hydroxylation is 4. The fourth-order valence-corrected chi connectivity index (χ4v) is 20.4. The van der Waals surface area contributed by atoms with E-state index in [9.17, 15) is 30.7 Å². The number of aromatic nitrogens is 4. The molecule has 0 unspecified atom stereocenters. The Bertz CT molecular complexity index is 5520. The number of benzene rings is 8. The number of likely N-dealkylation sites (tertiary alicyclic amines) is 4. The molecule has 8 N–H and O–H groups in total. The standard InChI is InChI=1S/C24H27ClFN3.C24H25F4N3.C24H27F2N3.C22H25N3/c1-15-3-6-20-19(13-15)18-7-10-27-24(23(18)28-20)8-11-29(12-9-24)14-17-5-4-16(2)21(25)22(17)26;1-13-3-4-18-16(11-13)15-5-8-29-24(23(15)30-18)6-9-31(10-7-24)12-17-21(27)19(25)14(2)20(26)22(17)28;1-15-3-4-22-19(11-15)18-5-8-27-24(23(18)28-22)6-9-29(10-7-24)14-17-12-20(25)16(2)21(26)13-17;1-2-6-17(7-3-1)16-25-14-11-22(12-15-25)21-19(10-13-23-22)18-8-4-5-9-20(18)24-21/h3-6,13,27-28H,7-12,14H2,1-2H3;3-4,11,29-30H,5-10,12H2,1-2H3;3-4,11-13,27-28H,5-10,14H2,1-2H3;1-9,23-24H,10-16H2. The van der Waals surface area contributed by atoms with Crippen LogP contribution in [0.2, 0.25) is 5.02 Å². The Morgan fingerprint density at radius 3 is 1.10 bits per heavy atom. The van der Waals surface area contributed by atoms with Crippen molar-refractivity contribution in [2.75, 3.05) is 78.5 Å². The van der Waals surface area contributed by atoms with Crippen LogP contribution in [0.4, 0.5) is 30.7 Å². The first kappa shape index (κ1) is 77.9. The Balaban J connectivity index is 0.000000110. The molecule has 4 spiro atoms. The molecule has 8 aliphatic rings. The van der Waals surface area contributed by atoms with Gasteiger partial charge in [-0.2, -0.15) is 0 Å². The number of hydrogen-bond acceptors (Lipinski definition) is 8. The quantitative estimate of drug-likeness (QED) is 0.0559. The highest BCUT2D eigenvalue weighted by molar-refractivity contribution is 6.31. The van der Waals surface area contributed by atoms with Crippen molar-refractivity contribution in [3.8, 4) is 0 Å². The van der Waals surface area contributed by atoms with Gasteiger partial charge in [0.1, 0.15) is 17.5 Å². The van der Waals surface area contributed by atoms with E-state index in [2.05, 4.69) is 186 Å². The second kappa shape index (κ2) is 31.8. The van der Waals surface area contributed by atoms with Gasteiger partial charge in [-0.1, -0.05) is 107 Å². The third kappa shape index (κ3) is 14.8. The second-order valence-electron chi connectivity index (χ2n) is 33.9. The van der Waals surface area contributed by atoms with Gasteiger partial charge in [-0.25, -0.2) is 30.7 Å². The smallest absolute Gasteiger partial charge is 0.166 e. The maximum Gasteiger partial charge on any atom is 0.166 e. The minimum Gasteiger partial charge on any atom is -0.357 e. The van der Waals surface area contributed by atoms with Gasteiger partial charge in [0.25, 0.3) is 0 Å². The SMILES string of the molecule is Cc1ccc2[nH]c3c(c2c1)CCNC31CCN(Cc2c(F)c(F)c(C)c(F)c2F)CC1.Cc1ccc2[nH]c3c(c2c1)CCNC31CCN(Cc2cc(F)c(C)c(F)c2)CC1.Cc1ccc2[nH]c3c(c2c1)CCNC31CCN(Cc2ccc(C)c(Cl)c2F)CC1.c1ccc(CN2CCC3(CC2)NCCc2c3[nH]c3ccccc23)cc1. The molecule has 0 amide bonds. The van der Waals surface area contributed by atoms with Crippen LogP contribution in [0, 0.1) is 82.3 Å². The summed E-state index contributed by atoms with van der Waals surface area (Å²) < 4.78 is 98.9. The predicted octanol–water partition coefficient (Wildman–Crippen LogP) is 18.7. The zero-order chi connectivity index (χ0) is 79.0. The number of nitrogens with one attached hydrogen (secondary N) is 8. The molecule has 20 rings (SSSR count). The molecule has 12 nitrogen and oxygen atoms in total. The van der Waals surface area contributed by atoms with Crippen LogP contribution in [0.25, 0.3) is 43.6 Å². The van der Waals surface area contributed by atoms with Gasteiger partial charge in [-0.3, -0.25) is 19.6 Å². The molecule has 4 saturated heterocycles. The fourth-order valence-electron chi connectivity index (χ4n) is 20.2. The van der Waals surface area contributed by atoms with E-state index in [1.54, 1.807) is 5.56 Å². The summed E-state index contributed by atoms with van der Waals surface area (Å²) in [5.41, 5.74) is 22.3. The number of fused-ring (bicyclic) bond motifs is 16. The lowest BCUT2D eigenvalue weighted by Gasteiger charge is -2.45. The maximum atomic E-state index is 14.5. The summed E-state index contributed by atoms with van der Waals surface area (Å²) in [4.78, 5) is 23.9. The molecule has 0 atom stereocenters. The van der Waals surface area contributed by atoms with Gasteiger partial charge < -0.3 is 41.2 Å². The number of halogens is 8. The fraction of sp³-hybridized carbons (Fsp3) is 0.404. The molecule has 0 saturated carbocycles. The van der Waals surface area contributed by atoms with Crippen LogP contribution >= 0.6 is 11.6 Å².